The molecule has 152 valence electrons. The molecular weight excluding hydrogens is 408 g/mol. The summed E-state index contributed by atoms with van der Waals surface area (Å²) in [5.74, 6) is -0.929. The monoisotopic (exact) mass is 424 g/mol. The number of halogens is 4. The van der Waals surface area contributed by atoms with E-state index < -0.39 is 30.0 Å². The number of fused-ring (bicyclic) bond motifs is 1. The lowest BCUT2D eigenvalue weighted by Crippen LogP contribution is -2.35. The van der Waals surface area contributed by atoms with E-state index in [9.17, 15) is 22.4 Å². The lowest BCUT2D eigenvalue weighted by molar-refractivity contribution is -0.173. The maximum absolute atomic E-state index is 13.7. The molecule has 3 heterocycles. The molecule has 1 aliphatic heterocycles. The molecule has 0 spiro atoms. The lowest BCUT2D eigenvalue weighted by atomic mass is 9.97. The van der Waals surface area contributed by atoms with Crippen LogP contribution >= 0.6 is 11.3 Å². The number of nitrogens with zero attached hydrogens (tertiary/aromatic N) is 2. The van der Waals surface area contributed by atoms with Gasteiger partial charge in [0.25, 0.3) is 5.91 Å². The van der Waals surface area contributed by atoms with Gasteiger partial charge in [0.15, 0.2) is 11.7 Å². The van der Waals surface area contributed by atoms with Crippen molar-refractivity contribution in [1.82, 2.24) is 15.1 Å². The third kappa shape index (κ3) is 4.12. The van der Waals surface area contributed by atoms with Crippen LogP contribution in [0.2, 0.25) is 0 Å². The molecule has 0 bridgehead atoms. The predicted molar refractivity (Wildman–Crippen MR) is 100 cm³/mol. The Balaban J connectivity index is 1.59. The highest BCUT2D eigenvalue weighted by Crippen LogP contribution is 2.43. The first-order valence-corrected chi connectivity index (χ1v) is 9.68. The summed E-state index contributed by atoms with van der Waals surface area (Å²) in [6.45, 7) is 0.271. The van der Waals surface area contributed by atoms with Crippen LogP contribution in [0.5, 0.6) is 0 Å². The Morgan fingerprint density at radius 2 is 2.03 bits per heavy atom. The van der Waals surface area contributed by atoms with Gasteiger partial charge in [-0.3, -0.25) is 4.79 Å². The molecule has 0 fully saturated rings. The molecule has 0 saturated heterocycles. The van der Waals surface area contributed by atoms with Gasteiger partial charge in [-0.2, -0.15) is 18.3 Å². The summed E-state index contributed by atoms with van der Waals surface area (Å²) < 4.78 is 55.0. The number of thiophene rings is 1. The van der Waals surface area contributed by atoms with E-state index in [-0.39, 0.29) is 24.5 Å². The average molecular weight is 424 g/mol. The van der Waals surface area contributed by atoms with Gasteiger partial charge in [-0.15, -0.1) is 11.3 Å². The normalized spacial score (nSPS) is 18.8. The number of aromatic nitrogens is 2. The lowest BCUT2D eigenvalue weighted by Gasteiger charge is -2.33. The fourth-order valence-corrected chi connectivity index (χ4v) is 3.91. The van der Waals surface area contributed by atoms with Crippen LogP contribution in [0, 0.1) is 5.82 Å². The minimum Gasteiger partial charge on any atom is -0.363 e. The number of hydrogen-bond acceptors (Lipinski definition) is 4. The Hall–Kier alpha value is -2.88. The number of alkyl halides is 3. The zero-order valence-electron chi connectivity index (χ0n) is 14.9. The van der Waals surface area contributed by atoms with Gasteiger partial charge in [-0.1, -0.05) is 18.2 Å². The van der Waals surface area contributed by atoms with E-state index in [4.69, 9.17) is 0 Å². The Morgan fingerprint density at radius 3 is 2.69 bits per heavy atom. The van der Waals surface area contributed by atoms with E-state index in [2.05, 4.69) is 15.7 Å². The van der Waals surface area contributed by atoms with Crippen molar-refractivity contribution in [2.45, 2.75) is 31.2 Å². The van der Waals surface area contributed by atoms with E-state index in [1.165, 1.54) is 41.7 Å². The Morgan fingerprint density at radius 1 is 1.28 bits per heavy atom. The second-order valence-electron chi connectivity index (χ2n) is 6.66. The highest BCUT2D eigenvalue weighted by Gasteiger charge is 2.46. The molecule has 1 aliphatic rings. The number of benzene rings is 1. The van der Waals surface area contributed by atoms with Crippen molar-refractivity contribution in [3.05, 3.63) is 69.8 Å². The summed E-state index contributed by atoms with van der Waals surface area (Å²) in [6, 6.07) is 7.71. The number of carbonyl (C=O) groups is 1. The number of carbonyl (C=O) groups excluding carboxylic acids is 1. The summed E-state index contributed by atoms with van der Waals surface area (Å²) in [6.07, 6.45) is -4.87. The van der Waals surface area contributed by atoms with Crippen molar-refractivity contribution in [1.29, 1.82) is 0 Å². The maximum atomic E-state index is 13.7. The zero-order valence-corrected chi connectivity index (χ0v) is 15.7. The second kappa shape index (κ2) is 7.51. The van der Waals surface area contributed by atoms with E-state index in [0.717, 1.165) is 9.56 Å². The van der Waals surface area contributed by atoms with Crippen molar-refractivity contribution in [3.63, 3.8) is 0 Å². The zero-order chi connectivity index (χ0) is 20.6. The minimum absolute atomic E-state index is 0.0918. The molecule has 4 rings (SSSR count). The molecular formula is C19H16F4N4OS. The van der Waals surface area contributed by atoms with Crippen molar-refractivity contribution in [2.24, 2.45) is 0 Å². The van der Waals surface area contributed by atoms with Crippen molar-refractivity contribution in [2.75, 3.05) is 5.32 Å². The van der Waals surface area contributed by atoms with Gasteiger partial charge in [0.2, 0.25) is 0 Å². The first-order chi connectivity index (χ1) is 13.8. The second-order valence-corrected chi connectivity index (χ2v) is 7.70. The molecule has 1 amide bonds. The van der Waals surface area contributed by atoms with Crippen LogP contribution < -0.4 is 10.6 Å². The quantitative estimate of drug-likeness (QED) is 0.599. The van der Waals surface area contributed by atoms with Crippen LogP contribution in [0.25, 0.3) is 0 Å². The first kappa shape index (κ1) is 19.4. The third-order valence-corrected chi connectivity index (χ3v) is 5.57. The summed E-state index contributed by atoms with van der Waals surface area (Å²) >= 11 is 1.46. The summed E-state index contributed by atoms with van der Waals surface area (Å²) in [5.41, 5.74) is 0.426. The average Bonchev–Trinajstić information content (AvgIpc) is 3.34. The van der Waals surface area contributed by atoms with Crippen LogP contribution in [-0.2, 0) is 6.54 Å². The highest BCUT2D eigenvalue weighted by atomic mass is 32.1. The van der Waals surface area contributed by atoms with Gasteiger partial charge >= 0.3 is 6.18 Å². The van der Waals surface area contributed by atoms with Gasteiger partial charge in [0, 0.05) is 17.4 Å². The van der Waals surface area contributed by atoms with Gasteiger partial charge in [0.05, 0.1) is 12.6 Å². The fraction of sp³-hybridized carbons (Fsp3) is 0.263. The largest absolute Gasteiger partial charge is 0.410 e. The topological polar surface area (TPSA) is 59.0 Å². The van der Waals surface area contributed by atoms with Crippen molar-refractivity contribution < 1.29 is 22.4 Å². The van der Waals surface area contributed by atoms with E-state index in [0.29, 0.717) is 5.56 Å². The standard InChI is InChI=1S/C19H16F4N4OS/c20-12-5-3-11(4-6-12)14-8-16(19(21,22)23)27-17(25-14)9-15(26-27)18(28)24-10-13-2-1-7-29-13/h1-7,9,14,16,25H,8,10H2,(H,24,28)/t14-,16+/m1/s1. The number of anilines is 1. The highest BCUT2D eigenvalue weighted by molar-refractivity contribution is 7.09. The molecule has 2 N–H and O–H groups in total. The Bertz CT molecular complexity index is 998. The number of nitrogens with one attached hydrogen (secondary N) is 2. The molecule has 2 atom stereocenters. The molecule has 5 nitrogen and oxygen atoms in total. The number of amides is 1. The predicted octanol–water partition coefficient (Wildman–Crippen LogP) is 4.67. The van der Waals surface area contributed by atoms with Gasteiger partial charge in [-0.05, 0) is 29.1 Å². The summed E-state index contributed by atoms with van der Waals surface area (Å²) in [4.78, 5) is 13.3. The summed E-state index contributed by atoms with van der Waals surface area (Å²) in [7, 11) is 0. The van der Waals surface area contributed by atoms with Crippen molar-refractivity contribution in [3.8, 4) is 0 Å². The van der Waals surface area contributed by atoms with E-state index >= 15 is 0 Å². The molecule has 0 unspecified atom stereocenters. The first-order valence-electron chi connectivity index (χ1n) is 8.80. The molecule has 10 heteroatoms. The fourth-order valence-electron chi connectivity index (χ4n) is 3.27. The molecule has 2 aromatic heterocycles. The van der Waals surface area contributed by atoms with Crippen LogP contribution in [-0.4, -0.2) is 21.9 Å². The smallest absolute Gasteiger partial charge is 0.363 e. The molecule has 3 aromatic rings. The van der Waals surface area contributed by atoms with Gasteiger partial charge < -0.3 is 10.6 Å². The van der Waals surface area contributed by atoms with E-state index in [1.54, 1.807) is 0 Å². The number of hydrogen-bond donors (Lipinski definition) is 2. The molecule has 0 aliphatic carbocycles. The van der Waals surface area contributed by atoms with Crippen LogP contribution in [0.1, 0.15) is 39.4 Å². The van der Waals surface area contributed by atoms with Gasteiger partial charge in [0.1, 0.15) is 11.6 Å². The van der Waals surface area contributed by atoms with Crippen LogP contribution in [0.3, 0.4) is 0 Å². The van der Waals surface area contributed by atoms with E-state index in [1.807, 2.05) is 17.5 Å². The molecule has 29 heavy (non-hydrogen) atoms. The molecule has 0 radical (unpaired) electrons. The molecule has 1 aromatic carbocycles. The molecule has 0 saturated carbocycles. The Kier molecular flexibility index (Phi) is 5.03. The van der Waals surface area contributed by atoms with Crippen molar-refractivity contribution >= 4 is 23.1 Å². The maximum Gasteiger partial charge on any atom is 0.410 e. The minimum atomic E-state index is -4.55. The van der Waals surface area contributed by atoms with Crippen LogP contribution in [0.4, 0.5) is 23.4 Å². The summed E-state index contributed by atoms with van der Waals surface area (Å²) in [5, 5.41) is 11.4. The third-order valence-electron chi connectivity index (χ3n) is 4.70. The Labute approximate surface area is 167 Å². The number of rotatable bonds is 4. The SMILES string of the molecule is O=C(NCc1cccs1)c1cc2n(n1)[C@H](C(F)(F)F)C[C@H](c1ccc(F)cc1)N2. The van der Waals surface area contributed by atoms with Gasteiger partial charge in [-0.25, -0.2) is 9.07 Å². The van der Waals surface area contributed by atoms with Crippen LogP contribution in [0.15, 0.2) is 47.8 Å².